The maximum absolute atomic E-state index is 6.09. The lowest BCUT2D eigenvalue weighted by molar-refractivity contribution is -0.788. The van der Waals surface area contributed by atoms with E-state index in [-0.39, 0.29) is 0 Å². The Balaban J connectivity index is 1.24. The van der Waals surface area contributed by atoms with Crippen molar-refractivity contribution in [2.75, 3.05) is 7.11 Å². The summed E-state index contributed by atoms with van der Waals surface area (Å²) in [5, 5.41) is 0. The summed E-state index contributed by atoms with van der Waals surface area (Å²) >= 11 is 0. The average Bonchev–Trinajstić information content (AvgIpc) is 3.19. The van der Waals surface area contributed by atoms with E-state index in [1.165, 1.54) is 5.56 Å². The van der Waals surface area contributed by atoms with E-state index in [4.69, 9.17) is 9.47 Å². The van der Waals surface area contributed by atoms with Gasteiger partial charge in [0.2, 0.25) is 6.34 Å². The van der Waals surface area contributed by atoms with Gasteiger partial charge in [0.25, 0.3) is 0 Å². The number of benzene rings is 2. The smallest absolute Gasteiger partial charge is 0.219 e. The number of aliphatic imine (C=N–C) groups is 2. The number of rotatable bonds is 7. The summed E-state index contributed by atoms with van der Waals surface area (Å²) in [6.45, 7) is 0.526. The van der Waals surface area contributed by atoms with Crippen LogP contribution in [0.25, 0.3) is 0 Å². The number of nitrogens with zero attached hydrogens (tertiary/aromatic N) is 3. The standard InChI is InChI=1S/C24H25N4O2/c1-29-23-8-7-19(13-24(23)30-16-18-5-3-2-4-6-18)20-11-21(12-20)27-28-10-9-25-14-22(28)15-26-17-28/h2-10,13-15,17,20-21,27H,11-12,16H2,1H3/q+1. The maximum Gasteiger partial charge on any atom is 0.219 e. The second-order valence-electron chi connectivity index (χ2n) is 7.85. The molecule has 152 valence electrons. The zero-order valence-corrected chi connectivity index (χ0v) is 16.9. The minimum Gasteiger partial charge on any atom is -0.493 e. The summed E-state index contributed by atoms with van der Waals surface area (Å²) < 4.78 is 12.0. The van der Waals surface area contributed by atoms with Gasteiger partial charge in [-0.25, -0.2) is 4.99 Å². The Morgan fingerprint density at radius 1 is 1.07 bits per heavy atom. The molecule has 6 heteroatoms. The monoisotopic (exact) mass is 401 g/mol. The van der Waals surface area contributed by atoms with Crippen molar-refractivity contribution in [1.29, 1.82) is 0 Å². The van der Waals surface area contributed by atoms with Crippen LogP contribution < -0.4 is 14.9 Å². The number of methoxy groups -OCH3 is 1. The van der Waals surface area contributed by atoms with E-state index in [1.54, 1.807) is 7.11 Å². The van der Waals surface area contributed by atoms with Crippen LogP contribution in [0.15, 0.2) is 82.8 Å². The number of nitrogens with one attached hydrogen (secondary N) is 1. The molecule has 2 aromatic carbocycles. The van der Waals surface area contributed by atoms with E-state index in [0.717, 1.165) is 35.6 Å². The lowest BCUT2D eigenvalue weighted by atomic mass is 9.76. The quantitative estimate of drug-likeness (QED) is 0.705. The Bertz CT molecular complexity index is 1040. The lowest BCUT2D eigenvalue weighted by Gasteiger charge is -2.40. The molecule has 0 aromatic heterocycles. The van der Waals surface area contributed by atoms with E-state index < -0.39 is 0 Å². The normalized spacial score (nSPS) is 26.1. The Kier molecular flexibility index (Phi) is 4.94. The third-order valence-corrected chi connectivity index (χ3v) is 5.91. The average molecular weight is 401 g/mol. The van der Waals surface area contributed by atoms with Gasteiger partial charge in [-0.2, -0.15) is 0 Å². The van der Waals surface area contributed by atoms with Crippen LogP contribution in [0.1, 0.15) is 29.9 Å². The second-order valence-corrected chi connectivity index (χ2v) is 7.85. The predicted molar refractivity (Wildman–Crippen MR) is 117 cm³/mol. The van der Waals surface area contributed by atoms with Gasteiger partial charge in [-0.05, 0) is 42.0 Å². The van der Waals surface area contributed by atoms with Crippen molar-refractivity contribution in [1.82, 2.24) is 5.43 Å². The van der Waals surface area contributed by atoms with E-state index >= 15 is 0 Å². The van der Waals surface area contributed by atoms with Gasteiger partial charge in [0, 0.05) is 0 Å². The van der Waals surface area contributed by atoms with Crippen LogP contribution in [0.3, 0.4) is 0 Å². The topological polar surface area (TPSA) is 55.2 Å². The fourth-order valence-electron chi connectivity index (χ4n) is 4.14. The first kappa shape index (κ1) is 18.8. The molecule has 1 N–H and O–H groups in total. The van der Waals surface area contributed by atoms with Gasteiger partial charge in [0.15, 0.2) is 17.2 Å². The summed E-state index contributed by atoms with van der Waals surface area (Å²) in [4.78, 5) is 8.52. The molecule has 30 heavy (non-hydrogen) atoms. The van der Waals surface area contributed by atoms with Crippen LogP contribution in [-0.2, 0) is 6.61 Å². The Morgan fingerprint density at radius 3 is 2.77 bits per heavy atom. The number of allylic oxidation sites excluding steroid dienone is 1. The fraction of sp³-hybridized carbons (Fsp3) is 0.250. The van der Waals surface area contributed by atoms with Crippen molar-refractivity contribution >= 4 is 12.6 Å². The number of fused-ring (bicyclic) bond motifs is 1. The molecule has 3 aliphatic rings. The molecule has 1 unspecified atom stereocenters. The van der Waals surface area contributed by atoms with Gasteiger partial charge in [-0.1, -0.05) is 36.4 Å². The lowest BCUT2D eigenvalue weighted by Crippen LogP contribution is -2.58. The number of ether oxygens (including phenoxy) is 2. The van der Waals surface area contributed by atoms with E-state index in [9.17, 15) is 0 Å². The molecule has 0 bridgehead atoms. The van der Waals surface area contributed by atoms with Crippen LogP contribution in [0.4, 0.5) is 0 Å². The van der Waals surface area contributed by atoms with Crippen molar-refractivity contribution in [3.63, 3.8) is 0 Å². The zero-order valence-electron chi connectivity index (χ0n) is 16.9. The number of quaternary nitrogens is 1. The van der Waals surface area contributed by atoms with Crippen LogP contribution in [-0.4, -0.2) is 30.3 Å². The number of hydrogen-bond donors (Lipinski definition) is 1. The highest BCUT2D eigenvalue weighted by atomic mass is 16.5. The van der Waals surface area contributed by atoms with E-state index in [0.29, 0.717) is 23.2 Å². The van der Waals surface area contributed by atoms with Crippen molar-refractivity contribution in [3.8, 4) is 11.5 Å². The third-order valence-electron chi connectivity index (χ3n) is 5.91. The van der Waals surface area contributed by atoms with Crippen molar-refractivity contribution in [3.05, 3.63) is 84.0 Å². The third kappa shape index (κ3) is 3.56. The molecule has 0 spiro atoms. The van der Waals surface area contributed by atoms with Gasteiger partial charge < -0.3 is 9.47 Å². The molecule has 2 aliphatic heterocycles. The largest absolute Gasteiger partial charge is 0.493 e. The SMILES string of the molecule is COc1ccc(C2CC(N[N+]34C=CN=CC3=CN=C4)C2)cc1OCc1ccccc1. The first-order valence-corrected chi connectivity index (χ1v) is 10.2. The molecule has 6 nitrogen and oxygen atoms in total. The summed E-state index contributed by atoms with van der Waals surface area (Å²) in [5.74, 6) is 2.06. The van der Waals surface area contributed by atoms with E-state index in [1.807, 2.05) is 55.4 Å². The maximum atomic E-state index is 6.09. The first-order valence-electron chi connectivity index (χ1n) is 10.2. The molecule has 1 fully saturated rings. The van der Waals surface area contributed by atoms with Gasteiger partial charge in [-0.15, -0.1) is 10.0 Å². The summed E-state index contributed by atoms with van der Waals surface area (Å²) in [7, 11) is 1.68. The molecule has 0 radical (unpaired) electrons. The molecule has 0 amide bonds. The molecule has 0 saturated heterocycles. The van der Waals surface area contributed by atoms with Gasteiger partial charge in [0.1, 0.15) is 12.8 Å². The highest BCUT2D eigenvalue weighted by Gasteiger charge is 2.41. The van der Waals surface area contributed by atoms with Crippen molar-refractivity contribution in [2.24, 2.45) is 9.98 Å². The molecule has 5 rings (SSSR count). The van der Waals surface area contributed by atoms with Gasteiger partial charge in [0.05, 0.1) is 31.8 Å². The summed E-state index contributed by atoms with van der Waals surface area (Å²) in [6, 6.07) is 16.9. The van der Waals surface area contributed by atoms with Crippen molar-refractivity contribution in [2.45, 2.75) is 31.4 Å². The molecule has 1 atom stereocenters. The summed E-state index contributed by atoms with van der Waals surface area (Å²) in [6.07, 6.45) is 11.6. The minimum absolute atomic E-state index is 0.412. The Hall–Kier alpha value is -3.22. The Labute approximate surface area is 176 Å². The first-order chi connectivity index (χ1) is 14.8. The molecule has 2 heterocycles. The van der Waals surface area contributed by atoms with Crippen LogP contribution in [0.2, 0.25) is 0 Å². The van der Waals surface area contributed by atoms with Crippen molar-refractivity contribution < 1.29 is 14.1 Å². The van der Waals surface area contributed by atoms with E-state index in [2.05, 4.69) is 39.7 Å². The molecule has 2 aromatic rings. The van der Waals surface area contributed by atoms with Crippen LogP contribution in [0.5, 0.6) is 11.5 Å². The van der Waals surface area contributed by atoms with Gasteiger partial charge in [-0.3, -0.25) is 4.99 Å². The number of hydrogen-bond acceptors (Lipinski definition) is 5. The van der Waals surface area contributed by atoms with Crippen LogP contribution in [0, 0.1) is 0 Å². The Morgan fingerprint density at radius 2 is 1.93 bits per heavy atom. The second kappa shape index (κ2) is 7.89. The predicted octanol–water partition coefficient (Wildman–Crippen LogP) is 4.28. The molecular formula is C24H25N4O2+. The zero-order chi connectivity index (χ0) is 20.4. The highest BCUT2D eigenvalue weighted by Crippen LogP contribution is 2.41. The molecule has 1 aliphatic carbocycles. The molecular weight excluding hydrogens is 376 g/mol. The fourth-order valence-corrected chi connectivity index (χ4v) is 4.14. The van der Waals surface area contributed by atoms with Crippen LogP contribution >= 0.6 is 0 Å². The minimum atomic E-state index is 0.412. The molecule has 1 saturated carbocycles. The summed E-state index contributed by atoms with van der Waals surface area (Å²) in [5.41, 5.74) is 7.17. The highest BCUT2D eigenvalue weighted by molar-refractivity contribution is 5.81. The van der Waals surface area contributed by atoms with Gasteiger partial charge >= 0.3 is 0 Å².